The Kier molecular flexibility index (Phi) is 6.03. The minimum Gasteiger partial charge on any atom is -0.489 e. The second kappa shape index (κ2) is 9.25. The highest BCUT2D eigenvalue weighted by molar-refractivity contribution is 5.61. The van der Waals surface area contributed by atoms with Gasteiger partial charge in [0.15, 0.2) is 11.5 Å². The van der Waals surface area contributed by atoms with E-state index in [1.54, 1.807) is 6.07 Å². The van der Waals surface area contributed by atoms with Crippen molar-refractivity contribution in [3.63, 3.8) is 0 Å². The molecular formula is C27H26FNO4. The SMILES string of the molecule is Cc1cc2c(cc1/C=C/C1NCC(F)c3cc(OCc4ccccc4)c(CO)cc31)OCO2. The summed E-state index contributed by atoms with van der Waals surface area (Å²) in [6, 6.07) is 17.1. The fourth-order valence-corrected chi connectivity index (χ4v) is 4.25. The topological polar surface area (TPSA) is 60.0 Å². The molecule has 0 saturated carbocycles. The smallest absolute Gasteiger partial charge is 0.231 e. The van der Waals surface area contributed by atoms with Crippen molar-refractivity contribution in [2.24, 2.45) is 0 Å². The van der Waals surface area contributed by atoms with E-state index in [1.807, 2.05) is 67.6 Å². The van der Waals surface area contributed by atoms with E-state index in [9.17, 15) is 9.50 Å². The molecule has 0 aliphatic carbocycles. The quantitative estimate of drug-likeness (QED) is 0.546. The second-order valence-corrected chi connectivity index (χ2v) is 8.30. The number of benzene rings is 3. The summed E-state index contributed by atoms with van der Waals surface area (Å²) < 4.78 is 31.8. The van der Waals surface area contributed by atoms with Gasteiger partial charge in [0.05, 0.1) is 12.6 Å². The van der Waals surface area contributed by atoms with Crippen LogP contribution in [0.15, 0.2) is 60.7 Å². The van der Waals surface area contributed by atoms with Crippen LogP contribution < -0.4 is 19.5 Å². The van der Waals surface area contributed by atoms with Crippen LogP contribution >= 0.6 is 0 Å². The first-order chi connectivity index (χ1) is 16.1. The van der Waals surface area contributed by atoms with E-state index in [2.05, 4.69) is 5.32 Å². The number of hydrogen-bond acceptors (Lipinski definition) is 5. The number of aliphatic hydroxyl groups excluding tert-OH is 1. The summed E-state index contributed by atoms with van der Waals surface area (Å²) in [7, 11) is 0. The molecular weight excluding hydrogens is 421 g/mol. The lowest BCUT2D eigenvalue weighted by molar-refractivity contribution is 0.174. The molecule has 2 aliphatic heterocycles. The Bertz CT molecular complexity index is 1180. The third-order valence-electron chi connectivity index (χ3n) is 6.09. The summed E-state index contributed by atoms with van der Waals surface area (Å²) in [5.74, 6) is 1.99. The third kappa shape index (κ3) is 4.45. The molecule has 2 unspecified atom stereocenters. The van der Waals surface area contributed by atoms with E-state index in [1.165, 1.54) is 0 Å². The Labute approximate surface area is 192 Å². The summed E-state index contributed by atoms with van der Waals surface area (Å²) in [5, 5.41) is 13.2. The number of aryl methyl sites for hydroxylation is 1. The maximum absolute atomic E-state index is 14.9. The molecule has 5 rings (SSSR count). The van der Waals surface area contributed by atoms with Crippen molar-refractivity contribution in [2.45, 2.75) is 32.4 Å². The van der Waals surface area contributed by atoms with Crippen molar-refractivity contribution in [2.75, 3.05) is 13.3 Å². The zero-order valence-electron chi connectivity index (χ0n) is 18.4. The summed E-state index contributed by atoms with van der Waals surface area (Å²) in [6.07, 6.45) is 2.88. The molecule has 6 heteroatoms. The number of nitrogens with one attached hydrogen (secondary N) is 1. The van der Waals surface area contributed by atoms with Gasteiger partial charge in [0.25, 0.3) is 0 Å². The van der Waals surface area contributed by atoms with Crippen LogP contribution in [0.3, 0.4) is 0 Å². The summed E-state index contributed by atoms with van der Waals surface area (Å²) in [6.45, 7) is 2.62. The highest BCUT2D eigenvalue weighted by Gasteiger charge is 2.27. The average molecular weight is 448 g/mol. The summed E-state index contributed by atoms with van der Waals surface area (Å²) in [4.78, 5) is 0. The standard InChI is InChI=1S/C27H26FNO4/c1-17-9-26-27(33-16-32-26)11-19(17)7-8-24-22-10-20(14-30)25(12-21(22)23(28)13-29-24)31-15-18-5-3-2-4-6-18/h2-12,23-24,29-30H,13-16H2,1H3/b8-7+. The first-order valence-electron chi connectivity index (χ1n) is 11.0. The largest absolute Gasteiger partial charge is 0.489 e. The van der Waals surface area contributed by atoms with Gasteiger partial charge in [-0.2, -0.15) is 0 Å². The van der Waals surface area contributed by atoms with Crippen molar-refractivity contribution in [3.8, 4) is 17.2 Å². The van der Waals surface area contributed by atoms with E-state index in [-0.39, 0.29) is 26.0 Å². The van der Waals surface area contributed by atoms with Gasteiger partial charge in [-0.05, 0) is 59.0 Å². The van der Waals surface area contributed by atoms with Crippen molar-refractivity contribution in [1.82, 2.24) is 5.32 Å². The van der Waals surface area contributed by atoms with Crippen LogP contribution in [0, 0.1) is 6.92 Å². The van der Waals surface area contributed by atoms with Gasteiger partial charge in [-0.15, -0.1) is 0 Å². The highest BCUT2D eigenvalue weighted by Crippen LogP contribution is 2.38. The Morgan fingerprint density at radius 1 is 1.09 bits per heavy atom. The van der Waals surface area contributed by atoms with Crippen LogP contribution in [0.5, 0.6) is 17.2 Å². The molecule has 2 aliphatic rings. The van der Waals surface area contributed by atoms with Gasteiger partial charge in [-0.25, -0.2) is 4.39 Å². The molecule has 3 aromatic carbocycles. The average Bonchev–Trinajstić information content (AvgIpc) is 3.29. The van der Waals surface area contributed by atoms with Crippen LogP contribution in [0.2, 0.25) is 0 Å². The molecule has 0 fully saturated rings. The lowest BCUT2D eigenvalue weighted by atomic mass is 9.90. The minimum atomic E-state index is -1.15. The lowest BCUT2D eigenvalue weighted by Crippen LogP contribution is -2.30. The number of rotatable bonds is 6. The van der Waals surface area contributed by atoms with E-state index < -0.39 is 6.17 Å². The zero-order chi connectivity index (χ0) is 22.8. The van der Waals surface area contributed by atoms with Crippen LogP contribution in [0.4, 0.5) is 4.39 Å². The van der Waals surface area contributed by atoms with Gasteiger partial charge in [-0.1, -0.05) is 42.5 Å². The first-order valence-corrected chi connectivity index (χ1v) is 11.0. The van der Waals surface area contributed by atoms with Crippen LogP contribution in [-0.2, 0) is 13.2 Å². The molecule has 0 aromatic heterocycles. The fourth-order valence-electron chi connectivity index (χ4n) is 4.25. The van der Waals surface area contributed by atoms with Crippen LogP contribution in [-0.4, -0.2) is 18.4 Å². The third-order valence-corrected chi connectivity index (χ3v) is 6.09. The lowest BCUT2D eigenvalue weighted by Gasteiger charge is -2.29. The van der Waals surface area contributed by atoms with Crippen LogP contribution in [0.25, 0.3) is 6.08 Å². The predicted octanol–water partition coefficient (Wildman–Crippen LogP) is 5.16. The molecule has 2 heterocycles. The van der Waals surface area contributed by atoms with Gasteiger partial charge >= 0.3 is 0 Å². The maximum atomic E-state index is 14.9. The molecule has 0 bridgehead atoms. The number of ether oxygens (including phenoxy) is 3. The molecule has 0 amide bonds. The highest BCUT2D eigenvalue weighted by atomic mass is 19.1. The molecule has 170 valence electrons. The van der Waals surface area contributed by atoms with Crippen LogP contribution in [0.1, 0.15) is 45.6 Å². The normalized spacial score (nSPS) is 19.0. The Balaban J connectivity index is 1.42. The molecule has 33 heavy (non-hydrogen) atoms. The number of halogens is 1. The van der Waals surface area contributed by atoms with E-state index >= 15 is 0 Å². The second-order valence-electron chi connectivity index (χ2n) is 8.30. The van der Waals surface area contributed by atoms with Crippen molar-refractivity contribution < 1.29 is 23.7 Å². The number of fused-ring (bicyclic) bond motifs is 2. The molecule has 0 radical (unpaired) electrons. The van der Waals surface area contributed by atoms with Crippen molar-refractivity contribution >= 4 is 6.08 Å². The Hall–Kier alpha value is -3.35. The Morgan fingerprint density at radius 3 is 2.67 bits per heavy atom. The molecule has 5 nitrogen and oxygen atoms in total. The molecule has 2 N–H and O–H groups in total. The maximum Gasteiger partial charge on any atom is 0.231 e. The van der Waals surface area contributed by atoms with E-state index in [0.717, 1.165) is 33.8 Å². The van der Waals surface area contributed by atoms with Gasteiger partial charge < -0.3 is 24.6 Å². The minimum absolute atomic E-state index is 0.188. The van der Waals surface area contributed by atoms with Gasteiger partial charge in [-0.3, -0.25) is 0 Å². The van der Waals surface area contributed by atoms with E-state index in [4.69, 9.17) is 14.2 Å². The number of aliphatic hydroxyl groups is 1. The summed E-state index contributed by atoms with van der Waals surface area (Å²) >= 11 is 0. The molecule has 0 saturated heterocycles. The van der Waals surface area contributed by atoms with E-state index in [0.29, 0.717) is 23.5 Å². The first kappa shape index (κ1) is 21.5. The monoisotopic (exact) mass is 447 g/mol. The van der Waals surface area contributed by atoms with Gasteiger partial charge in [0, 0.05) is 12.1 Å². The Morgan fingerprint density at radius 2 is 1.88 bits per heavy atom. The van der Waals surface area contributed by atoms with Crippen molar-refractivity contribution in [3.05, 3.63) is 94.1 Å². The number of alkyl halides is 1. The molecule has 2 atom stereocenters. The zero-order valence-corrected chi connectivity index (χ0v) is 18.4. The predicted molar refractivity (Wildman–Crippen MR) is 124 cm³/mol. The fraction of sp³-hybridized carbons (Fsp3) is 0.259. The molecule has 0 spiro atoms. The van der Waals surface area contributed by atoms with Crippen molar-refractivity contribution in [1.29, 1.82) is 0 Å². The summed E-state index contributed by atoms with van der Waals surface area (Å²) in [5.41, 5.74) is 5.12. The van der Waals surface area contributed by atoms with Gasteiger partial charge in [0.1, 0.15) is 18.5 Å². The van der Waals surface area contributed by atoms with Gasteiger partial charge in [0.2, 0.25) is 6.79 Å². The molecule has 3 aromatic rings. The number of hydrogen-bond donors (Lipinski definition) is 2.